The van der Waals surface area contributed by atoms with Crippen molar-refractivity contribution in [1.29, 1.82) is 0 Å². The summed E-state index contributed by atoms with van der Waals surface area (Å²) in [6.45, 7) is 1.51. The van der Waals surface area contributed by atoms with Crippen molar-refractivity contribution in [3.63, 3.8) is 0 Å². The summed E-state index contributed by atoms with van der Waals surface area (Å²) in [5.74, 6) is 2.87. The predicted molar refractivity (Wildman–Crippen MR) is 110 cm³/mol. The Morgan fingerprint density at radius 1 is 1.00 bits per heavy atom. The molecule has 5 nitrogen and oxygen atoms in total. The van der Waals surface area contributed by atoms with Crippen LogP contribution in [0.15, 0.2) is 52.4 Å². The van der Waals surface area contributed by atoms with E-state index in [9.17, 15) is 4.39 Å². The Hall–Kier alpha value is -2.41. The molecule has 0 bridgehead atoms. The fraction of sp³-hybridized carbons (Fsp3) is 0.350. The number of nitrogens with zero attached hydrogens (tertiary/aromatic N) is 1. The van der Waals surface area contributed by atoms with Crippen molar-refractivity contribution in [3.05, 3.63) is 53.8 Å². The minimum atomic E-state index is -0.212. The quantitative estimate of drug-likeness (QED) is 0.297. The second-order valence-electron chi connectivity index (χ2n) is 5.67. The zero-order chi connectivity index (χ0) is 19.5. The fourth-order valence-electron chi connectivity index (χ4n) is 2.45. The number of rotatable bonds is 9. The van der Waals surface area contributed by atoms with Crippen LogP contribution in [-0.4, -0.2) is 46.1 Å². The lowest BCUT2D eigenvalue weighted by Gasteiger charge is -2.13. The Morgan fingerprint density at radius 3 is 2.37 bits per heavy atom. The molecule has 0 aliphatic rings. The van der Waals surface area contributed by atoms with Crippen molar-refractivity contribution in [1.82, 2.24) is 10.6 Å². The summed E-state index contributed by atoms with van der Waals surface area (Å²) in [5.41, 5.74) is 1.16. The number of hydrogen-bond acceptors (Lipinski definition) is 4. The highest BCUT2D eigenvalue weighted by Crippen LogP contribution is 2.27. The molecule has 0 saturated heterocycles. The van der Waals surface area contributed by atoms with Gasteiger partial charge in [0.25, 0.3) is 0 Å². The highest BCUT2D eigenvalue weighted by molar-refractivity contribution is 7.99. The van der Waals surface area contributed by atoms with E-state index in [1.165, 1.54) is 12.1 Å². The Balaban J connectivity index is 1.70. The largest absolute Gasteiger partial charge is 0.493 e. The SMILES string of the molecule is CN=C(NCCSc1ccc(F)cc1)NCCc1ccc(OC)c(OC)c1. The summed E-state index contributed by atoms with van der Waals surface area (Å²) in [4.78, 5) is 5.28. The van der Waals surface area contributed by atoms with Crippen LogP contribution < -0.4 is 20.1 Å². The van der Waals surface area contributed by atoms with E-state index < -0.39 is 0 Å². The Bertz CT molecular complexity index is 739. The summed E-state index contributed by atoms with van der Waals surface area (Å²) in [5, 5.41) is 6.58. The lowest BCUT2D eigenvalue weighted by atomic mass is 10.1. The average molecular weight is 392 g/mol. The maximum absolute atomic E-state index is 12.9. The van der Waals surface area contributed by atoms with E-state index in [1.54, 1.807) is 45.2 Å². The van der Waals surface area contributed by atoms with Crippen molar-refractivity contribution in [3.8, 4) is 11.5 Å². The van der Waals surface area contributed by atoms with Gasteiger partial charge >= 0.3 is 0 Å². The molecular weight excluding hydrogens is 365 g/mol. The zero-order valence-corrected chi connectivity index (χ0v) is 16.7. The Morgan fingerprint density at radius 2 is 1.70 bits per heavy atom. The molecule has 0 aliphatic carbocycles. The third-order valence-corrected chi connectivity index (χ3v) is 4.87. The Kier molecular flexibility index (Phi) is 8.77. The number of guanidine groups is 1. The molecule has 2 N–H and O–H groups in total. The number of halogens is 1. The van der Waals surface area contributed by atoms with Crippen molar-refractivity contribution in [2.45, 2.75) is 11.3 Å². The molecule has 27 heavy (non-hydrogen) atoms. The van der Waals surface area contributed by atoms with Crippen molar-refractivity contribution >= 4 is 17.7 Å². The van der Waals surface area contributed by atoms with Gasteiger partial charge < -0.3 is 20.1 Å². The summed E-state index contributed by atoms with van der Waals surface area (Å²) >= 11 is 1.67. The number of nitrogens with one attached hydrogen (secondary N) is 2. The molecule has 7 heteroatoms. The van der Waals surface area contributed by atoms with Crippen LogP contribution in [0, 0.1) is 5.82 Å². The van der Waals surface area contributed by atoms with Gasteiger partial charge in [-0.05, 0) is 48.4 Å². The highest BCUT2D eigenvalue weighted by atomic mass is 32.2. The summed E-state index contributed by atoms with van der Waals surface area (Å²) in [7, 11) is 5.01. The molecule has 0 atom stereocenters. The van der Waals surface area contributed by atoms with E-state index in [4.69, 9.17) is 9.47 Å². The highest BCUT2D eigenvalue weighted by Gasteiger charge is 2.05. The number of benzene rings is 2. The normalized spacial score (nSPS) is 11.2. The van der Waals surface area contributed by atoms with E-state index in [0.717, 1.165) is 53.2 Å². The molecule has 2 rings (SSSR count). The van der Waals surface area contributed by atoms with Crippen LogP contribution >= 0.6 is 11.8 Å². The molecule has 0 radical (unpaired) electrons. The summed E-state index contributed by atoms with van der Waals surface area (Å²) in [6, 6.07) is 12.4. The van der Waals surface area contributed by atoms with Crippen molar-refractivity contribution in [2.24, 2.45) is 4.99 Å². The molecule has 0 aromatic heterocycles. The molecule has 2 aromatic rings. The second-order valence-corrected chi connectivity index (χ2v) is 6.84. The van der Waals surface area contributed by atoms with Crippen LogP contribution in [0.3, 0.4) is 0 Å². The van der Waals surface area contributed by atoms with Crippen LogP contribution in [0.1, 0.15) is 5.56 Å². The predicted octanol–water partition coefficient (Wildman–Crippen LogP) is 3.34. The van der Waals surface area contributed by atoms with Crippen molar-refractivity contribution in [2.75, 3.05) is 40.1 Å². The Labute approximate surface area is 164 Å². The molecule has 0 unspecified atom stereocenters. The van der Waals surface area contributed by atoms with Gasteiger partial charge in [-0.3, -0.25) is 4.99 Å². The van der Waals surface area contributed by atoms with E-state index >= 15 is 0 Å². The van der Waals surface area contributed by atoms with E-state index in [-0.39, 0.29) is 5.82 Å². The molecule has 0 amide bonds. The lowest BCUT2D eigenvalue weighted by Crippen LogP contribution is -2.39. The van der Waals surface area contributed by atoms with Gasteiger partial charge in [0, 0.05) is 30.8 Å². The monoisotopic (exact) mass is 391 g/mol. The number of ether oxygens (including phenoxy) is 2. The van der Waals surface area contributed by atoms with Gasteiger partial charge in [-0.15, -0.1) is 11.8 Å². The smallest absolute Gasteiger partial charge is 0.191 e. The van der Waals surface area contributed by atoms with Crippen molar-refractivity contribution < 1.29 is 13.9 Å². The minimum absolute atomic E-state index is 0.212. The number of methoxy groups -OCH3 is 2. The maximum atomic E-state index is 12.9. The molecule has 0 heterocycles. The van der Waals surface area contributed by atoms with Gasteiger partial charge in [0.15, 0.2) is 17.5 Å². The third kappa shape index (κ3) is 7.02. The first-order chi connectivity index (χ1) is 13.2. The van der Waals surface area contributed by atoms with E-state index in [2.05, 4.69) is 15.6 Å². The average Bonchev–Trinajstić information content (AvgIpc) is 2.70. The van der Waals surface area contributed by atoms with Gasteiger partial charge in [-0.25, -0.2) is 4.39 Å². The number of thioether (sulfide) groups is 1. The van der Waals surface area contributed by atoms with E-state index in [0.29, 0.717) is 0 Å². The maximum Gasteiger partial charge on any atom is 0.191 e. The topological polar surface area (TPSA) is 54.9 Å². The van der Waals surface area contributed by atoms with Gasteiger partial charge in [0.1, 0.15) is 5.82 Å². The minimum Gasteiger partial charge on any atom is -0.493 e. The van der Waals surface area contributed by atoms with Gasteiger partial charge in [-0.1, -0.05) is 6.07 Å². The standard InChI is InChI=1S/C20H26FN3O2S/c1-22-20(24-12-13-27-17-7-5-16(21)6-8-17)23-11-10-15-4-9-18(25-2)19(14-15)26-3/h4-9,14H,10-13H2,1-3H3,(H2,22,23,24). The second kappa shape index (κ2) is 11.3. The van der Waals surface area contributed by atoms with Gasteiger partial charge in [0.05, 0.1) is 14.2 Å². The first kappa shape index (κ1) is 20.9. The van der Waals surface area contributed by atoms with Crippen LogP contribution in [-0.2, 0) is 6.42 Å². The molecule has 0 saturated carbocycles. The fourth-order valence-corrected chi connectivity index (χ4v) is 3.22. The third-order valence-electron chi connectivity index (χ3n) is 3.85. The summed E-state index contributed by atoms with van der Waals surface area (Å²) in [6.07, 6.45) is 0.839. The zero-order valence-electron chi connectivity index (χ0n) is 15.9. The van der Waals surface area contributed by atoms with Crippen LogP contribution in [0.4, 0.5) is 4.39 Å². The number of aliphatic imine (C=N–C) groups is 1. The van der Waals surface area contributed by atoms with E-state index in [1.807, 2.05) is 18.2 Å². The number of hydrogen-bond donors (Lipinski definition) is 2. The first-order valence-electron chi connectivity index (χ1n) is 8.70. The summed E-state index contributed by atoms with van der Waals surface area (Å²) < 4.78 is 23.5. The molecule has 0 spiro atoms. The van der Waals surface area contributed by atoms with Gasteiger partial charge in [-0.2, -0.15) is 0 Å². The molecule has 0 aliphatic heterocycles. The molecule has 2 aromatic carbocycles. The molecule has 146 valence electrons. The van der Waals surface area contributed by atoms with Crippen LogP contribution in [0.25, 0.3) is 0 Å². The molecular formula is C20H26FN3O2S. The lowest BCUT2D eigenvalue weighted by molar-refractivity contribution is 0.354. The molecule has 0 fully saturated rings. The first-order valence-corrected chi connectivity index (χ1v) is 9.68. The van der Waals surface area contributed by atoms with Crippen LogP contribution in [0.5, 0.6) is 11.5 Å². The van der Waals surface area contributed by atoms with Gasteiger partial charge in [0.2, 0.25) is 0 Å². The van der Waals surface area contributed by atoms with Crippen LogP contribution in [0.2, 0.25) is 0 Å².